The van der Waals surface area contributed by atoms with Gasteiger partial charge in [-0.2, -0.15) is 0 Å². The maximum atomic E-state index is 6.13. The number of nitrogens with one attached hydrogen (secondary N) is 1. The second-order valence-corrected chi connectivity index (χ2v) is 6.90. The molecule has 0 fully saturated rings. The van der Waals surface area contributed by atoms with Gasteiger partial charge in [0, 0.05) is 15.5 Å². The van der Waals surface area contributed by atoms with Crippen LogP contribution in [0.5, 0.6) is 0 Å². The van der Waals surface area contributed by atoms with E-state index in [1.54, 1.807) is 0 Å². The summed E-state index contributed by atoms with van der Waals surface area (Å²) >= 11 is 9.75. The number of rotatable bonds is 5. The van der Waals surface area contributed by atoms with Crippen LogP contribution in [0, 0.1) is 0 Å². The topological polar surface area (TPSA) is 12.0 Å². The summed E-state index contributed by atoms with van der Waals surface area (Å²) in [6.45, 7) is 4.43. The molecule has 0 saturated carbocycles. The standard InChI is InChI=1S/C18H21BrClN/c1-12(2)14-6-4-13(5-7-14)10-18(21-3)16-11-15(20)8-9-17(16)19/h4-9,11-12,18,21H,10H2,1-3H3. The average molecular weight is 367 g/mol. The van der Waals surface area contributed by atoms with E-state index in [2.05, 4.69) is 59.4 Å². The Morgan fingerprint density at radius 3 is 2.33 bits per heavy atom. The van der Waals surface area contributed by atoms with Crippen molar-refractivity contribution in [3.05, 3.63) is 68.7 Å². The van der Waals surface area contributed by atoms with E-state index in [4.69, 9.17) is 11.6 Å². The molecule has 0 radical (unpaired) electrons. The molecule has 1 N–H and O–H groups in total. The highest BCUT2D eigenvalue weighted by Crippen LogP contribution is 2.29. The van der Waals surface area contributed by atoms with Crippen molar-refractivity contribution in [2.24, 2.45) is 0 Å². The first-order valence-electron chi connectivity index (χ1n) is 7.22. The Hall–Kier alpha value is -0.830. The molecule has 0 aromatic heterocycles. The molecule has 1 nitrogen and oxygen atoms in total. The summed E-state index contributed by atoms with van der Waals surface area (Å²) in [6.07, 6.45) is 0.938. The van der Waals surface area contributed by atoms with Crippen LogP contribution in [0.3, 0.4) is 0 Å². The van der Waals surface area contributed by atoms with Crippen LogP contribution in [0.15, 0.2) is 46.9 Å². The van der Waals surface area contributed by atoms with E-state index in [0.717, 1.165) is 15.9 Å². The summed E-state index contributed by atoms with van der Waals surface area (Å²) in [5.74, 6) is 0.571. The lowest BCUT2D eigenvalue weighted by atomic mass is 9.96. The molecule has 1 atom stereocenters. The van der Waals surface area contributed by atoms with Crippen molar-refractivity contribution in [1.82, 2.24) is 5.32 Å². The molecule has 0 aliphatic carbocycles. The first-order valence-corrected chi connectivity index (χ1v) is 8.39. The van der Waals surface area contributed by atoms with Crippen molar-refractivity contribution >= 4 is 27.5 Å². The van der Waals surface area contributed by atoms with Crippen molar-refractivity contribution in [3.8, 4) is 0 Å². The Labute approximate surface area is 140 Å². The summed E-state index contributed by atoms with van der Waals surface area (Å²) in [4.78, 5) is 0. The quantitative estimate of drug-likeness (QED) is 0.712. The zero-order valence-electron chi connectivity index (χ0n) is 12.7. The molecule has 1 unspecified atom stereocenters. The third-order valence-corrected chi connectivity index (χ3v) is 4.73. The molecule has 2 rings (SSSR count). The third kappa shape index (κ3) is 4.32. The molecule has 2 aromatic carbocycles. The van der Waals surface area contributed by atoms with Gasteiger partial charge >= 0.3 is 0 Å². The summed E-state index contributed by atoms with van der Waals surface area (Å²) in [5, 5.41) is 4.15. The summed E-state index contributed by atoms with van der Waals surface area (Å²) in [6, 6.07) is 15.1. The minimum Gasteiger partial charge on any atom is -0.313 e. The minimum atomic E-state index is 0.239. The molecule has 0 amide bonds. The number of hydrogen-bond acceptors (Lipinski definition) is 1. The SMILES string of the molecule is CNC(Cc1ccc(C(C)C)cc1)c1cc(Cl)ccc1Br. The van der Waals surface area contributed by atoms with Crippen molar-refractivity contribution in [1.29, 1.82) is 0 Å². The first kappa shape index (κ1) is 16.5. The van der Waals surface area contributed by atoms with Gasteiger partial charge in [0.05, 0.1) is 0 Å². The summed E-state index contributed by atoms with van der Waals surface area (Å²) in [5.41, 5.74) is 3.90. The van der Waals surface area contributed by atoms with Crippen molar-refractivity contribution in [2.75, 3.05) is 7.05 Å². The molecule has 0 aliphatic rings. The fraction of sp³-hybridized carbons (Fsp3) is 0.333. The second kappa shape index (κ2) is 7.44. The Bertz CT molecular complexity index is 593. The number of benzene rings is 2. The molecule has 112 valence electrons. The highest BCUT2D eigenvalue weighted by Gasteiger charge is 2.14. The molecule has 21 heavy (non-hydrogen) atoms. The lowest BCUT2D eigenvalue weighted by Gasteiger charge is -2.19. The van der Waals surface area contributed by atoms with Crippen LogP contribution in [-0.2, 0) is 6.42 Å². The summed E-state index contributed by atoms with van der Waals surface area (Å²) < 4.78 is 1.09. The number of likely N-dealkylation sites (N-methyl/N-ethyl adjacent to an activating group) is 1. The maximum absolute atomic E-state index is 6.13. The van der Waals surface area contributed by atoms with Crippen LogP contribution in [0.2, 0.25) is 5.02 Å². The molecular weight excluding hydrogens is 346 g/mol. The van der Waals surface area contributed by atoms with Crippen LogP contribution in [0.4, 0.5) is 0 Å². The van der Waals surface area contributed by atoms with Crippen LogP contribution >= 0.6 is 27.5 Å². The Morgan fingerprint density at radius 2 is 1.76 bits per heavy atom. The third-order valence-electron chi connectivity index (χ3n) is 3.77. The molecule has 0 spiro atoms. The van der Waals surface area contributed by atoms with Crippen molar-refractivity contribution in [2.45, 2.75) is 32.2 Å². The molecule has 0 aliphatic heterocycles. The molecule has 2 aromatic rings. The molecule has 0 bridgehead atoms. The van der Waals surface area contributed by atoms with Gasteiger partial charge in [0.2, 0.25) is 0 Å². The first-order chi connectivity index (χ1) is 10.0. The Morgan fingerprint density at radius 1 is 1.10 bits per heavy atom. The largest absolute Gasteiger partial charge is 0.313 e. The van der Waals surface area contributed by atoms with Gasteiger partial charge in [-0.25, -0.2) is 0 Å². The van der Waals surface area contributed by atoms with Crippen LogP contribution in [0.1, 0.15) is 42.5 Å². The van der Waals surface area contributed by atoms with Crippen LogP contribution in [0.25, 0.3) is 0 Å². The van der Waals surface area contributed by atoms with E-state index < -0.39 is 0 Å². The lowest BCUT2D eigenvalue weighted by Crippen LogP contribution is -2.19. The Kier molecular flexibility index (Phi) is 5.86. The molecular formula is C18H21BrClN. The fourth-order valence-electron chi connectivity index (χ4n) is 2.42. The number of halogens is 2. The maximum Gasteiger partial charge on any atom is 0.0410 e. The van der Waals surface area contributed by atoms with Gasteiger partial charge in [-0.1, -0.05) is 65.6 Å². The predicted octanol–water partition coefficient (Wildman–Crippen LogP) is 5.73. The van der Waals surface area contributed by atoms with Gasteiger partial charge in [0.25, 0.3) is 0 Å². The monoisotopic (exact) mass is 365 g/mol. The Balaban J connectivity index is 2.20. The second-order valence-electron chi connectivity index (χ2n) is 5.61. The summed E-state index contributed by atoms with van der Waals surface area (Å²) in [7, 11) is 1.99. The number of hydrogen-bond donors (Lipinski definition) is 1. The molecule has 3 heteroatoms. The minimum absolute atomic E-state index is 0.239. The van der Waals surface area contributed by atoms with Gasteiger partial charge < -0.3 is 5.32 Å². The predicted molar refractivity (Wildman–Crippen MR) is 95.2 cm³/mol. The highest BCUT2D eigenvalue weighted by atomic mass is 79.9. The van der Waals surface area contributed by atoms with Crippen molar-refractivity contribution in [3.63, 3.8) is 0 Å². The zero-order valence-corrected chi connectivity index (χ0v) is 15.0. The average Bonchev–Trinajstić information content (AvgIpc) is 2.48. The van der Waals surface area contributed by atoms with E-state index in [-0.39, 0.29) is 6.04 Å². The van der Waals surface area contributed by atoms with E-state index in [0.29, 0.717) is 5.92 Å². The van der Waals surface area contributed by atoms with Crippen LogP contribution in [-0.4, -0.2) is 7.05 Å². The zero-order chi connectivity index (χ0) is 15.4. The van der Waals surface area contributed by atoms with Gasteiger partial charge in [-0.05, 0) is 54.3 Å². The van der Waals surface area contributed by atoms with Gasteiger partial charge in [-0.3, -0.25) is 0 Å². The van der Waals surface area contributed by atoms with Gasteiger partial charge in [-0.15, -0.1) is 0 Å². The fourth-order valence-corrected chi connectivity index (χ4v) is 3.13. The van der Waals surface area contributed by atoms with Gasteiger partial charge in [0.15, 0.2) is 0 Å². The lowest BCUT2D eigenvalue weighted by molar-refractivity contribution is 0.589. The smallest absolute Gasteiger partial charge is 0.0410 e. The molecule has 0 saturated heterocycles. The van der Waals surface area contributed by atoms with Crippen molar-refractivity contribution < 1.29 is 0 Å². The molecule has 0 heterocycles. The normalized spacial score (nSPS) is 12.7. The highest BCUT2D eigenvalue weighted by molar-refractivity contribution is 9.10. The van der Waals surface area contributed by atoms with Crippen LogP contribution < -0.4 is 5.32 Å². The van der Waals surface area contributed by atoms with E-state index in [9.17, 15) is 0 Å². The van der Waals surface area contributed by atoms with E-state index >= 15 is 0 Å². The van der Waals surface area contributed by atoms with E-state index in [1.165, 1.54) is 16.7 Å². The van der Waals surface area contributed by atoms with E-state index in [1.807, 2.05) is 25.2 Å². The van der Waals surface area contributed by atoms with Gasteiger partial charge in [0.1, 0.15) is 0 Å².